The number of carbonyl (C=O) groups excluding carboxylic acids is 3. The number of hydrogen-bond acceptors (Lipinski definition) is 11. The summed E-state index contributed by atoms with van der Waals surface area (Å²) in [6, 6.07) is 13.6. The number of aryl methyl sites for hydroxylation is 1. The summed E-state index contributed by atoms with van der Waals surface area (Å²) in [7, 11) is 0. The van der Waals surface area contributed by atoms with Gasteiger partial charge in [0, 0.05) is 80.9 Å². The second-order valence-electron chi connectivity index (χ2n) is 16.0. The number of piperazine rings is 1. The Balaban J connectivity index is 0.795. The molecule has 4 amide bonds. The predicted octanol–water partition coefficient (Wildman–Crippen LogP) is 6.07. The quantitative estimate of drug-likeness (QED) is 0.133. The highest BCUT2D eigenvalue weighted by molar-refractivity contribution is 6.05. The van der Waals surface area contributed by atoms with Gasteiger partial charge in [-0.25, -0.2) is 19.7 Å². The number of nitrogens with one attached hydrogen (secondary N) is 3. The van der Waals surface area contributed by atoms with Crippen LogP contribution in [0.25, 0.3) is 0 Å². The van der Waals surface area contributed by atoms with Crippen LogP contribution in [0.4, 0.5) is 51.1 Å². The van der Waals surface area contributed by atoms with E-state index in [-0.39, 0.29) is 42.3 Å². The summed E-state index contributed by atoms with van der Waals surface area (Å²) in [6.07, 6.45) is 0.800. The lowest BCUT2D eigenvalue weighted by atomic mass is 9.85. The van der Waals surface area contributed by atoms with E-state index in [1.54, 1.807) is 15.9 Å². The lowest BCUT2D eigenvalue weighted by Gasteiger charge is -2.39. The van der Waals surface area contributed by atoms with Crippen LogP contribution in [0.15, 0.2) is 54.9 Å². The Morgan fingerprint density at radius 2 is 1.69 bits per heavy atom. The Labute approximate surface area is 349 Å². The van der Waals surface area contributed by atoms with Gasteiger partial charge in [-0.2, -0.15) is 22.8 Å². The van der Waals surface area contributed by atoms with Gasteiger partial charge in [0.05, 0.1) is 35.0 Å². The van der Waals surface area contributed by atoms with Gasteiger partial charge in [-0.1, -0.05) is 0 Å². The van der Waals surface area contributed by atoms with Crippen LogP contribution in [0.2, 0.25) is 0 Å². The second-order valence-corrected chi connectivity index (χ2v) is 16.0. The van der Waals surface area contributed by atoms with Crippen molar-refractivity contribution in [2.75, 3.05) is 65.8 Å². The third-order valence-electron chi connectivity index (χ3n) is 12.1. The third kappa shape index (κ3) is 9.21. The number of fused-ring (bicyclic) bond motifs is 1. The number of benzene rings is 2. The molecule has 0 atom stereocenters. The molecule has 5 heterocycles. The van der Waals surface area contributed by atoms with Crippen molar-refractivity contribution in [3.05, 3.63) is 94.3 Å². The van der Waals surface area contributed by atoms with Crippen molar-refractivity contribution < 1.29 is 31.9 Å². The van der Waals surface area contributed by atoms with E-state index in [1.807, 2.05) is 19.1 Å². The van der Waals surface area contributed by atoms with E-state index in [4.69, 9.17) is 5.26 Å². The van der Waals surface area contributed by atoms with Crippen LogP contribution in [0.1, 0.15) is 70.4 Å². The van der Waals surface area contributed by atoms with E-state index in [9.17, 15) is 27.6 Å². The van der Waals surface area contributed by atoms with Gasteiger partial charge in [-0.3, -0.25) is 24.7 Å². The molecule has 4 aromatic rings. The Morgan fingerprint density at radius 1 is 0.918 bits per heavy atom. The van der Waals surface area contributed by atoms with Crippen molar-refractivity contribution in [3.63, 3.8) is 0 Å². The average Bonchev–Trinajstić information content (AvgIpc) is 3.24. The van der Waals surface area contributed by atoms with E-state index in [1.165, 1.54) is 30.6 Å². The van der Waals surface area contributed by atoms with Crippen molar-refractivity contribution in [2.24, 2.45) is 5.92 Å². The van der Waals surface area contributed by atoms with Gasteiger partial charge >= 0.3 is 12.2 Å². The minimum atomic E-state index is -4.67. The number of imide groups is 1. The summed E-state index contributed by atoms with van der Waals surface area (Å²) in [5.41, 5.74) is 3.00. The maximum Gasteiger partial charge on any atom is 0.417 e. The number of halogens is 4. The molecule has 18 heteroatoms. The summed E-state index contributed by atoms with van der Waals surface area (Å²) in [5.74, 6) is -0.682. The molecule has 3 fully saturated rings. The average molecular weight is 840 g/mol. The monoisotopic (exact) mass is 839 g/mol. The van der Waals surface area contributed by atoms with E-state index in [2.05, 4.69) is 46.8 Å². The van der Waals surface area contributed by atoms with Gasteiger partial charge in [0.2, 0.25) is 11.9 Å². The van der Waals surface area contributed by atoms with Gasteiger partial charge in [-0.15, -0.1) is 0 Å². The SMILES string of the molecule is Cc1cc(N2CCC(=O)NC2=O)ccc1N1CCN(CC2CCC(NC(=O)c3ccc(Nc4ncnc5c4CCN(c4ccc(C#N)c(C(F)(F)F)c4)C5)nc3F)CC2)CC1. The molecule has 3 aliphatic heterocycles. The molecule has 2 aromatic carbocycles. The normalized spacial score (nSPS) is 19.8. The molecule has 8 rings (SSSR count). The lowest BCUT2D eigenvalue weighted by Crippen LogP contribution is -2.49. The number of hydrogen-bond donors (Lipinski definition) is 3. The number of alkyl halides is 3. The third-order valence-corrected chi connectivity index (χ3v) is 12.1. The molecule has 2 aromatic heterocycles. The van der Waals surface area contributed by atoms with Gasteiger partial charge in [0.1, 0.15) is 18.0 Å². The fourth-order valence-corrected chi connectivity index (χ4v) is 8.80. The van der Waals surface area contributed by atoms with Crippen molar-refractivity contribution in [3.8, 4) is 6.07 Å². The number of rotatable bonds is 9. The Bertz CT molecular complexity index is 2370. The topological polar surface area (TPSA) is 163 Å². The molecule has 3 N–H and O–H groups in total. The van der Waals surface area contributed by atoms with Crippen LogP contribution in [0.3, 0.4) is 0 Å². The minimum absolute atomic E-state index is 0.0725. The number of carbonyl (C=O) groups is 3. The molecule has 4 aliphatic rings. The molecular formula is C43H45F4N11O3. The summed E-state index contributed by atoms with van der Waals surface area (Å²) < 4.78 is 56.1. The van der Waals surface area contributed by atoms with Crippen molar-refractivity contribution in [1.82, 2.24) is 30.5 Å². The highest BCUT2D eigenvalue weighted by Gasteiger charge is 2.35. The van der Waals surface area contributed by atoms with Crippen LogP contribution >= 0.6 is 0 Å². The first-order chi connectivity index (χ1) is 29.3. The smallest absolute Gasteiger partial charge is 0.369 e. The number of pyridine rings is 1. The predicted molar refractivity (Wildman–Crippen MR) is 219 cm³/mol. The Hall–Kier alpha value is -6.35. The molecule has 0 spiro atoms. The van der Waals surface area contributed by atoms with Crippen LogP contribution < -0.4 is 30.7 Å². The van der Waals surface area contributed by atoms with E-state index in [0.29, 0.717) is 42.6 Å². The van der Waals surface area contributed by atoms with Gasteiger partial charge in [0.25, 0.3) is 5.91 Å². The first-order valence-electron chi connectivity index (χ1n) is 20.5. The molecule has 318 valence electrons. The zero-order valence-corrected chi connectivity index (χ0v) is 33.6. The molecule has 1 saturated carbocycles. The molecule has 1 aliphatic carbocycles. The van der Waals surface area contributed by atoms with E-state index >= 15 is 4.39 Å². The Kier molecular flexibility index (Phi) is 11.8. The first-order valence-corrected chi connectivity index (χ1v) is 20.5. The second kappa shape index (κ2) is 17.3. The number of aromatic nitrogens is 3. The molecule has 61 heavy (non-hydrogen) atoms. The van der Waals surface area contributed by atoms with E-state index < -0.39 is 29.2 Å². The first kappa shape index (κ1) is 41.4. The fraction of sp³-hybridized carbons (Fsp3) is 0.419. The molecule has 14 nitrogen and oxygen atoms in total. The molecule has 0 bridgehead atoms. The molecule has 0 unspecified atom stereocenters. The van der Waals surface area contributed by atoms with E-state index in [0.717, 1.165) is 87.0 Å². The van der Waals surface area contributed by atoms with Gasteiger partial charge < -0.3 is 20.4 Å². The largest absolute Gasteiger partial charge is 0.417 e. The molecule has 2 saturated heterocycles. The standard InChI is InChI=1S/C43H45F4N11O3/c1-26-20-31(58-15-13-38(59)54-42(58)61)8-10-36(26)56-18-16-55(17-19-56)23-27-2-5-29(6-3-27)51-41(60)33-9-11-37(52-39(33)44)53-40-32-12-14-57(24-35(32)49-25-50-40)30-7-4-28(22-48)34(21-30)43(45,46)47/h4,7-11,20-21,25,27,29H,2-3,5-6,12-19,23-24H2,1H3,(H,51,60)(H,54,59,61)(H,49,50,52,53). The number of nitrogens with zero attached hydrogens (tertiary/aromatic N) is 8. The fourth-order valence-electron chi connectivity index (χ4n) is 8.80. The molecule has 0 radical (unpaired) electrons. The summed E-state index contributed by atoms with van der Waals surface area (Å²) in [5, 5.41) is 17.6. The van der Waals surface area contributed by atoms with Crippen LogP contribution in [0, 0.1) is 30.1 Å². The highest BCUT2D eigenvalue weighted by Crippen LogP contribution is 2.36. The molecular weight excluding hydrogens is 795 g/mol. The number of urea groups is 1. The summed E-state index contributed by atoms with van der Waals surface area (Å²) in [6.45, 7) is 7.57. The van der Waals surface area contributed by atoms with Crippen LogP contribution in [-0.2, 0) is 23.9 Å². The van der Waals surface area contributed by atoms with Crippen molar-refractivity contribution in [1.29, 1.82) is 5.26 Å². The maximum absolute atomic E-state index is 15.3. The number of anilines is 5. The van der Waals surface area contributed by atoms with Gasteiger partial charge in [-0.05, 0) is 99.0 Å². The highest BCUT2D eigenvalue weighted by atomic mass is 19.4. The van der Waals surface area contributed by atoms with Gasteiger partial charge in [0.15, 0.2) is 0 Å². The summed E-state index contributed by atoms with van der Waals surface area (Å²) >= 11 is 0. The van der Waals surface area contributed by atoms with Crippen LogP contribution in [0.5, 0.6) is 0 Å². The van der Waals surface area contributed by atoms with Crippen molar-refractivity contribution in [2.45, 2.75) is 64.2 Å². The number of amides is 4. The van der Waals surface area contributed by atoms with Crippen molar-refractivity contribution >= 4 is 46.5 Å². The Morgan fingerprint density at radius 3 is 2.39 bits per heavy atom. The van der Waals surface area contributed by atoms with Crippen LogP contribution in [-0.4, -0.2) is 89.6 Å². The summed E-state index contributed by atoms with van der Waals surface area (Å²) in [4.78, 5) is 57.9. The minimum Gasteiger partial charge on any atom is -0.369 e. The maximum atomic E-state index is 15.3. The number of nitriles is 1. The zero-order chi connectivity index (χ0) is 42.8. The zero-order valence-electron chi connectivity index (χ0n) is 33.6. The lowest BCUT2D eigenvalue weighted by molar-refractivity contribution is -0.137.